The zero-order valence-electron chi connectivity index (χ0n) is 19.6. The molecule has 1 aromatic carbocycles. The van der Waals surface area contributed by atoms with Crippen LogP contribution in [0.2, 0.25) is 0 Å². The number of nitrogens with zero attached hydrogens (tertiary/aromatic N) is 5. The first-order chi connectivity index (χ1) is 15.4. The fraction of sp³-hybridized carbons (Fsp3) is 0.520. The minimum Gasteiger partial charge on any atom is -0.354 e. The number of fused-ring (bicyclic) bond motifs is 1. The second-order valence-corrected chi connectivity index (χ2v) is 9.75. The van der Waals surface area contributed by atoms with Crippen LogP contribution >= 0.6 is 0 Å². The topological polar surface area (TPSA) is 75.4 Å². The van der Waals surface area contributed by atoms with Crippen molar-refractivity contribution in [1.29, 1.82) is 0 Å². The summed E-state index contributed by atoms with van der Waals surface area (Å²) in [5.41, 5.74) is 2.27. The molecular formula is C25H33N5O2. The molecule has 7 heteroatoms. The van der Waals surface area contributed by atoms with Gasteiger partial charge >= 0.3 is 0 Å². The van der Waals surface area contributed by atoms with Crippen molar-refractivity contribution in [1.82, 2.24) is 20.0 Å². The van der Waals surface area contributed by atoms with Gasteiger partial charge in [0, 0.05) is 44.6 Å². The first kappa shape index (κ1) is 22.2. The van der Waals surface area contributed by atoms with Gasteiger partial charge in [0.25, 0.3) is 5.71 Å². The van der Waals surface area contributed by atoms with Gasteiger partial charge in [0.05, 0.1) is 0 Å². The average Bonchev–Trinajstić information content (AvgIpc) is 3.01. The number of hydrogen-bond acceptors (Lipinski definition) is 6. The maximum Gasteiger partial charge on any atom is 0.263 e. The van der Waals surface area contributed by atoms with Crippen LogP contribution in [0.5, 0.6) is 0 Å². The molecule has 3 heterocycles. The largest absolute Gasteiger partial charge is 0.354 e. The van der Waals surface area contributed by atoms with Crippen molar-refractivity contribution in [3.8, 4) is 11.3 Å². The molecule has 0 N–H and O–H groups in total. The Balaban J connectivity index is 1.68. The third kappa shape index (κ3) is 4.92. The van der Waals surface area contributed by atoms with Gasteiger partial charge in [-0.1, -0.05) is 63.2 Å². The Bertz CT molecular complexity index is 1070. The molecule has 0 spiro atoms. The summed E-state index contributed by atoms with van der Waals surface area (Å²) in [5.74, 6) is 1.87. The van der Waals surface area contributed by atoms with E-state index in [-0.39, 0.29) is 11.3 Å². The predicted molar refractivity (Wildman–Crippen MR) is 127 cm³/mol. The summed E-state index contributed by atoms with van der Waals surface area (Å²) in [6.45, 7) is 11.5. The molecule has 170 valence electrons. The molecule has 3 aromatic rings. The quantitative estimate of drug-likeness (QED) is 0.578. The second-order valence-electron chi connectivity index (χ2n) is 9.75. The van der Waals surface area contributed by atoms with Crippen LogP contribution in [-0.4, -0.2) is 52.1 Å². The van der Waals surface area contributed by atoms with Gasteiger partial charge in [0.15, 0.2) is 0 Å². The maximum absolute atomic E-state index is 12.8. The number of rotatable bonds is 5. The normalized spacial score (nSPS) is 15.2. The first-order valence-electron chi connectivity index (χ1n) is 11.6. The Morgan fingerprint density at radius 2 is 1.84 bits per heavy atom. The fourth-order valence-electron chi connectivity index (χ4n) is 4.18. The van der Waals surface area contributed by atoms with Crippen LogP contribution in [0.15, 0.2) is 34.9 Å². The van der Waals surface area contributed by atoms with Crippen LogP contribution < -0.4 is 4.90 Å². The van der Waals surface area contributed by atoms with Crippen molar-refractivity contribution in [2.24, 2.45) is 5.41 Å². The Labute approximate surface area is 189 Å². The van der Waals surface area contributed by atoms with Crippen molar-refractivity contribution in [3.05, 3.63) is 36.2 Å². The zero-order chi connectivity index (χ0) is 22.7. The number of aryl methyl sites for hydroxylation is 1. The molecule has 1 saturated heterocycles. The van der Waals surface area contributed by atoms with Gasteiger partial charge in [-0.2, -0.15) is 4.98 Å². The zero-order valence-corrected chi connectivity index (χ0v) is 19.6. The lowest BCUT2D eigenvalue weighted by molar-refractivity contribution is -0.132. The molecule has 2 aromatic heterocycles. The molecule has 1 aliphatic rings. The van der Waals surface area contributed by atoms with Crippen molar-refractivity contribution in [2.75, 3.05) is 31.1 Å². The summed E-state index contributed by atoms with van der Waals surface area (Å²) in [6.07, 6.45) is 3.21. The van der Waals surface area contributed by atoms with E-state index in [1.54, 1.807) is 0 Å². The fourth-order valence-corrected chi connectivity index (χ4v) is 4.18. The Kier molecular flexibility index (Phi) is 6.44. The van der Waals surface area contributed by atoms with E-state index < -0.39 is 0 Å². The molecule has 0 bridgehead atoms. The summed E-state index contributed by atoms with van der Waals surface area (Å²) in [4.78, 5) is 26.7. The summed E-state index contributed by atoms with van der Waals surface area (Å²) in [5, 5.41) is 5.21. The molecule has 1 amide bonds. The van der Waals surface area contributed by atoms with Gasteiger partial charge in [-0.15, -0.1) is 0 Å². The molecule has 32 heavy (non-hydrogen) atoms. The summed E-state index contributed by atoms with van der Waals surface area (Å²) in [6, 6.07) is 10.0. The highest BCUT2D eigenvalue weighted by molar-refractivity contribution is 5.98. The average molecular weight is 436 g/mol. The molecule has 1 fully saturated rings. The summed E-state index contributed by atoms with van der Waals surface area (Å²) in [7, 11) is 0. The number of anilines is 1. The minimum atomic E-state index is -0.00993. The lowest BCUT2D eigenvalue weighted by Gasteiger charge is -2.26. The van der Waals surface area contributed by atoms with Gasteiger partial charge in [0.2, 0.25) is 5.91 Å². The number of carbonyl (C=O) groups excluding carboxylic acids is 1. The summed E-state index contributed by atoms with van der Waals surface area (Å²) < 4.78 is 5.68. The number of aromatic nitrogens is 3. The lowest BCUT2D eigenvalue weighted by Crippen LogP contribution is -2.37. The second kappa shape index (κ2) is 9.27. The third-order valence-electron chi connectivity index (χ3n) is 5.71. The molecule has 0 radical (unpaired) electrons. The van der Waals surface area contributed by atoms with Crippen LogP contribution in [-0.2, 0) is 11.2 Å². The Morgan fingerprint density at radius 3 is 2.56 bits per heavy atom. The van der Waals surface area contributed by atoms with Crippen molar-refractivity contribution < 1.29 is 9.32 Å². The van der Waals surface area contributed by atoms with E-state index in [1.165, 1.54) is 0 Å². The number of amides is 1. The van der Waals surface area contributed by atoms with Crippen molar-refractivity contribution >= 4 is 22.8 Å². The highest BCUT2D eigenvalue weighted by Crippen LogP contribution is 2.34. The van der Waals surface area contributed by atoms with Gasteiger partial charge < -0.3 is 14.3 Å². The number of carbonyl (C=O) groups is 1. The molecule has 0 aliphatic carbocycles. The smallest absolute Gasteiger partial charge is 0.263 e. The van der Waals surface area contributed by atoms with Gasteiger partial charge in [-0.3, -0.25) is 4.79 Å². The van der Waals surface area contributed by atoms with Gasteiger partial charge in [-0.05, 0) is 18.3 Å². The molecular weight excluding hydrogens is 402 g/mol. The molecule has 0 atom stereocenters. The van der Waals surface area contributed by atoms with Crippen LogP contribution in [0.1, 0.15) is 52.8 Å². The van der Waals surface area contributed by atoms with E-state index in [1.807, 2.05) is 35.2 Å². The standard InChI is InChI=1S/C25H33N5O2/c1-5-10-19-26-23(21-22(28-32-24(21)27-19)18-11-7-6-8-12-18)30-14-9-13-29(15-16-30)20(31)17-25(2,3)4/h6-8,11-12H,5,9-10,13-17H2,1-4H3. The van der Waals surface area contributed by atoms with E-state index in [4.69, 9.17) is 9.51 Å². The Morgan fingerprint density at radius 1 is 1.06 bits per heavy atom. The van der Waals surface area contributed by atoms with Crippen LogP contribution in [0.25, 0.3) is 22.4 Å². The minimum absolute atomic E-state index is 0.00993. The van der Waals surface area contributed by atoms with Crippen molar-refractivity contribution in [2.45, 2.75) is 53.4 Å². The van der Waals surface area contributed by atoms with Crippen LogP contribution in [0, 0.1) is 5.41 Å². The van der Waals surface area contributed by atoms with E-state index in [0.717, 1.165) is 67.2 Å². The molecule has 0 unspecified atom stereocenters. The summed E-state index contributed by atoms with van der Waals surface area (Å²) >= 11 is 0. The van der Waals surface area contributed by atoms with Gasteiger partial charge in [-0.25, -0.2) is 4.98 Å². The van der Waals surface area contributed by atoms with Crippen molar-refractivity contribution in [3.63, 3.8) is 0 Å². The van der Waals surface area contributed by atoms with E-state index >= 15 is 0 Å². The van der Waals surface area contributed by atoms with E-state index in [9.17, 15) is 4.79 Å². The highest BCUT2D eigenvalue weighted by Gasteiger charge is 2.27. The molecule has 7 nitrogen and oxygen atoms in total. The highest BCUT2D eigenvalue weighted by atomic mass is 16.5. The maximum atomic E-state index is 12.8. The first-order valence-corrected chi connectivity index (χ1v) is 11.6. The molecule has 1 aliphatic heterocycles. The SMILES string of the molecule is CCCc1nc(N2CCCN(C(=O)CC(C)(C)C)CC2)c2c(-c3ccccc3)noc2n1. The molecule has 4 rings (SSSR count). The monoisotopic (exact) mass is 435 g/mol. The Hall–Kier alpha value is -2.96. The predicted octanol–water partition coefficient (Wildman–Crippen LogP) is 4.71. The van der Waals surface area contributed by atoms with E-state index in [2.05, 4.69) is 42.7 Å². The molecule has 0 saturated carbocycles. The lowest BCUT2D eigenvalue weighted by atomic mass is 9.91. The van der Waals surface area contributed by atoms with E-state index in [0.29, 0.717) is 18.7 Å². The number of benzene rings is 1. The van der Waals surface area contributed by atoms with Crippen LogP contribution in [0.3, 0.4) is 0 Å². The number of hydrogen-bond donors (Lipinski definition) is 0. The van der Waals surface area contributed by atoms with Gasteiger partial charge in [0.1, 0.15) is 22.7 Å². The third-order valence-corrected chi connectivity index (χ3v) is 5.71. The van der Waals surface area contributed by atoms with Crippen LogP contribution in [0.4, 0.5) is 5.82 Å².